The molecule has 0 saturated heterocycles. The van der Waals surface area contributed by atoms with Gasteiger partial charge in [0.05, 0.1) is 25.4 Å². The highest BCUT2D eigenvalue weighted by Crippen LogP contribution is 2.17. The van der Waals surface area contributed by atoms with E-state index in [0.717, 1.165) is 5.69 Å². The maximum Gasteiger partial charge on any atom is 0.335 e. The monoisotopic (exact) mass is 268 g/mol. The first kappa shape index (κ1) is 15.4. The highest BCUT2D eigenvalue weighted by Gasteiger charge is 2.10. The molecule has 106 valence electrons. The van der Waals surface area contributed by atoms with Gasteiger partial charge in [-0.3, -0.25) is 0 Å². The highest BCUT2D eigenvalue weighted by molar-refractivity contribution is 5.88. The number of nitrogens with zero attached hydrogens (tertiary/aromatic N) is 1. The first-order valence-electron chi connectivity index (χ1n) is 6.22. The van der Waals surface area contributed by atoms with E-state index in [1.54, 1.807) is 6.07 Å². The third-order valence-corrected chi connectivity index (χ3v) is 2.47. The molecule has 0 aliphatic carbocycles. The molecule has 0 radical (unpaired) electrons. The first-order valence-corrected chi connectivity index (χ1v) is 6.22. The van der Waals surface area contributed by atoms with Crippen molar-refractivity contribution in [3.8, 4) is 0 Å². The molecule has 0 atom stereocenters. The van der Waals surface area contributed by atoms with Gasteiger partial charge in [-0.2, -0.15) is 0 Å². The molecule has 0 aliphatic rings. The third-order valence-electron chi connectivity index (χ3n) is 2.47. The fraction of sp³-hybridized carbons (Fsp3) is 0.538. The summed E-state index contributed by atoms with van der Waals surface area (Å²) in [4.78, 5) is 15.4. The van der Waals surface area contributed by atoms with Crippen LogP contribution < -0.4 is 5.32 Å². The van der Waals surface area contributed by atoms with Gasteiger partial charge in [-0.05, 0) is 18.1 Å². The van der Waals surface area contributed by atoms with E-state index in [1.165, 1.54) is 6.07 Å². The van der Waals surface area contributed by atoms with Gasteiger partial charge in [0, 0.05) is 12.2 Å². The molecule has 0 aromatic carbocycles. The summed E-state index contributed by atoms with van der Waals surface area (Å²) in [5.74, 6) is -0.287. The fourth-order valence-electron chi connectivity index (χ4n) is 1.48. The Kier molecular flexibility index (Phi) is 6.24. The molecule has 19 heavy (non-hydrogen) atoms. The summed E-state index contributed by atoms with van der Waals surface area (Å²) in [7, 11) is 0. The lowest BCUT2D eigenvalue weighted by atomic mass is 10.1. The molecule has 1 aromatic rings. The molecule has 1 aromatic heterocycles. The second kappa shape index (κ2) is 7.70. The number of carboxylic acid groups (broad SMARTS) is 1. The minimum atomic E-state index is -0.969. The van der Waals surface area contributed by atoms with Crippen molar-refractivity contribution in [3.05, 3.63) is 23.4 Å². The quantitative estimate of drug-likeness (QED) is 0.616. The van der Waals surface area contributed by atoms with E-state index in [-0.39, 0.29) is 18.1 Å². The van der Waals surface area contributed by atoms with Gasteiger partial charge in [-0.1, -0.05) is 13.8 Å². The average molecular weight is 268 g/mol. The van der Waals surface area contributed by atoms with E-state index in [1.807, 2.05) is 13.8 Å². The number of aliphatic hydroxyl groups is 1. The lowest BCUT2D eigenvalue weighted by Crippen LogP contribution is -2.13. The maximum atomic E-state index is 11.0. The van der Waals surface area contributed by atoms with E-state index in [2.05, 4.69) is 10.3 Å². The Morgan fingerprint density at radius 2 is 2.16 bits per heavy atom. The second-order valence-electron chi connectivity index (χ2n) is 4.39. The third kappa shape index (κ3) is 5.23. The molecule has 0 aliphatic heterocycles. The molecule has 3 N–H and O–H groups in total. The Morgan fingerprint density at radius 1 is 1.42 bits per heavy atom. The number of hydrogen-bond acceptors (Lipinski definition) is 5. The van der Waals surface area contributed by atoms with Crippen molar-refractivity contribution in [2.45, 2.75) is 19.8 Å². The molecular formula is C13H20N2O4. The van der Waals surface area contributed by atoms with Crippen LogP contribution in [0.3, 0.4) is 0 Å². The van der Waals surface area contributed by atoms with Gasteiger partial charge in [0.2, 0.25) is 0 Å². The zero-order valence-electron chi connectivity index (χ0n) is 11.2. The molecule has 0 bridgehead atoms. The topological polar surface area (TPSA) is 91.7 Å². The molecular weight excluding hydrogens is 248 g/mol. The number of aliphatic hydroxyl groups excluding tert-OH is 1. The van der Waals surface area contributed by atoms with Crippen molar-refractivity contribution in [2.24, 2.45) is 0 Å². The van der Waals surface area contributed by atoms with E-state index >= 15 is 0 Å². The van der Waals surface area contributed by atoms with Crippen LogP contribution >= 0.6 is 0 Å². The Balaban J connectivity index is 2.68. The van der Waals surface area contributed by atoms with Crippen LogP contribution in [0, 0.1) is 0 Å². The van der Waals surface area contributed by atoms with Gasteiger partial charge in [0.15, 0.2) is 0 Å². The second-order valence-corrected chi connectivity index (χ2v) is 4.39. The summed E-state index contributed by atoms with van der Waals surface area (Å²) in [6.45, 7) is 5.14. The van der Waals surface area contributed by atoms with E-state index in [9.17, 15) is 4.79 Å². The molecule has 0 amide bonds. The minimum absolute atomic E-state index is 0.00968. The van der Waals surface area contributed by atoms with Gasteiger partial charge in [0.25, 0.3) is 0 Å². The Bertz CT molecular complexity index is 421. The van der Waals surface area contributed by atoms with Gasteiger partial charge < -0.3 is 20.3 Å². The summed E-state index contributed by atoms with van der Waals surface area (Å²) in [6.07, 6.45) is 0. The molecule has 1 heterocycles. The lowest BCUT2D eigenvalue weighted by Gasteiger charge is -2.11. The number of anilines is 1. The largest absolute Gasteiger partial charge is 0.478 e. The number of nitrogens with one attached hydrogen (secondary N) is 1. The summed E-state index contributed by atoms with van der Waals surface area (Å²) in [6, 6.07) is 3.08. The van der Waals surface area contributed by atoms with Crippen LogP contribution in [0.1, 0.15) is 35.8 Å². The smallest absolute Gasteiger partial charge is 0.335 e. The molecule has 6 nitrogen and oxygen atoms in total. The van der Waals surface area contributed by atoms with Crippen LogP contribution in [-0.4, -0.2) is 47.5 Å². The minimum Gasteiger partial charge on any atom is -0.478 e. The van der Waals surface area contributed by atoms with Crippen molar-refractivity contribution < 1.29 is 19.7 Å². The Morgan fingerprint density at radius 3 is 2.74 bits per heavy atom. The summed E-state index contributed by atoms with van der Waals surface area (Å²) in [5.41, 5.74) is 0.955. The van der Waals surface area contributed by atoms with Crippen LogP contribution in [0.5, 0.6) is 0 Å². The van der Waals surface area contributed by atoms with Gasteiger partial charge in [-0.15, -0.1) is 0 Å². The molecule has 0 unspecified atom stereocenters. The summed E-state index contributed by atoms with van der Waals surface area (Å²) >= 11 is 0. The van der Waals surface area contributed by atoms with Gasteiger partial charge in [0.1, 0.15) is 5.82 Å². The fourth-order valence-corrected chi connectivity index (χ4v) is 1.48. The number of carbonyl (C=O) groups is 1. The van der Waals surface area contributed by atoms with Gasteiger partial charge in [-0.25, -0.2) is 9.78 Å². The normalized spacial score (nSPS) is 10.7. The predicted molar refractivity (Wildman–Crippen MR) is 71.7 cm³/mol. The summed E-state index contributed by atoms with van der Waals surface area (Å²) in [5, 5.41) is 20.6. The number of aromatic carboxylic acids is 1. The average Bonchev–Trinajstić information content (AvgIpc) is 2.38. The Labute approximate surface area is 112 Å². The maximum absolute atomic E-state index is 11.0. The molecule has 0 spiro atoms. The Hall–Kier alpha value is -1.66. The van der Waals surface area contributed by atoms with Crippen molar-refractivity contribution in [2.75, 3.05) is 31.7 Å². The van der Waals surface area contributed by atoms with Crippen LogP contribution in [-0.2, 0) is 4.74 Å². The SMILES string of the molecule is CC(C)c1cc(C(=O)O)cc(NCCOCCO)n1. The van der Waals surface area contributed by atoms with E-state index in [0.29, 0.717) is 25.6 Å². The van der Waals surface area contributed by atoms with Crippen molar-refractivity contribution in [1.29, 1.82) is 0 Å². The summed E-state index contributed by atoms with van der Waals surface area (Å²) < 4.78 is 5.10. The number of ether oxygens (including phenoxy) is 1. The van der Waals surface area contributed by atoms with Gasteiger partial charge >= 0.3 is 5.97 Å². The van der Waals surface area contributed by atoms with Crippen LogP contribution in [0.2, 0.25) is 0 Å². The lowest BCUT2D eigenvalue weighted by molar-refractivity contribution is 0.0696. The van der Waals surface area contributed by atoms with Crippen LogP contribution in [0.15, 0.2) is 12.1 Å². The molecule has 0 fully saturated rings. The van der Waals surface area contributed by atoms with Crippen LogP contribution in [0.4, 0.5) is 5.82 Å². The highest BCUT2D eigenvalue weighted by atomic mass is 16.5. The molecule has 1 rings (SSSR count). The van der Waals surface area contributed by atoms with Crippen molar-refractivity contribution in [3.63, 3.8) is 0 Å². The number of hydrogen-bond donors (Lipinski definition) is 3. The van der Waals surface area contributed by atoms with E-state index in [4.69, 9.17) is 14.9 Å². The van der Waals surface area contributed by atoms with Crippen molar-refractivity contribution in [1.82, 2.24) is 4.98 Å². The zero-order chi connectivity index (χ0) is 14.3. The first-order chi connectivity index (χ1) is 9.04. The van der Waals surface area contributed by atoms with Crippen LogP contribution in [0.25, 0.3) is 0 Å². The zero-order valence-corrected chi connectivity index (χ0v) is 11.2. The number of rotatable bonds is 8. The van der Waals surface area contributed by atoms with E-state index < -0.39 is 5.97 Å². The standard InChI is InChI=1S/C13H20N2O4/c1-9(2)11-7-10(13(17)18)8-12(15-11)14-3-5-19-6-4-16/h7-9,16H,3-6H2,1-2H3,(H,14,15)(H,17,18). The molecule has 6 heteroatoms. The molecule has 0 saturated carbocycles. The number of aromatic nitrogens is 1. The predicted octanol–water partition coefficient (Wildman–Crippen LogP) is 1.32. The number of pyridine rings is 1. The number of carboxylic acids is 1. The van der Waals surface area contributed by atoms with Crippen molar-refractivity contribution >= 4 is 11.8 Å².